The minimum Gasteiger partial charge on any atom is -0.383 e. The molecule has 2 rings (SSSR count). The Balaban J connectivity index is 2.38. The van der Waals surface area contributed by atoms with Crippen LogP contribution < -0.4 is 5.73 Å². The van der Waals surface area contributed by atoms with Crippen LogP contribution in [0.3, 0.4) is 0 Å². The Labute approximate surface area is 129 Å². The van der Waals surface area contributed by atoms with E-state index in [4.69, 9.17) is 15.9 Å². The van der Waals surface area contributed by atoms with Crippen molar-refractivity contribution in [3.63, 3.8) is 0 Å². The fourth-order valence-electron chi connectivity index (χ4n) is 2.03. The number of nitrogens with zero attached hydrogens (tertiary/aromatic N) is 1. The molecule has 0 amide bonds. The first-order valence-corrected chi connectivity index (χ1v) is 7.58. The van der Waals surface area contributed by atoms with E-state index >= 15 is 0 Å². The van der Waals surface area contributed by atoms with Crippen molar-refractivity contribution < 1.29 is 4.74 Å². The van der Waals surface area contributed by atoms with E-state index in [1.807, 2.05) is 0 Å². The smallest absolute Gasteiger partial charge is 0.135 e. The average Bonchev–Trinajstić information content (AvgIpc) is 2.82. The molecule has 2 aromatic rings. The molecule has 0 saturated heterocycles. The van der Waals surface area contributed by atoms with Gasteiger partial charge >= 0.3 is 0 Å². The van der Waals surface area contributed by atoms with E-state index in [1.54, 1.807) is 7.11 Å². The molecule has 0 unspecified atom stereocenters. The van der Waals surface area contributed by atoms with Gasteiger partial charge in [0.05, 0.1) is 17.2 Å². The largest absolute Gasteiger partial charge is 0.383 e. The van der Waals surface area contributed by atoms with Crippen molar-refractivity contribution >= 4 is 17.2 Å². The maximum Gasteiger partial charge on any atom is 0.135 e. The van der Waals surface area contributed by atoms with Gasteiger partial charge in [-0.05, 0) is 11.0 Å². The van der Waals surface area contributed by atoms with Crippen molar-refractivity contribution in [3.05, 3.63) is 40.4 Å². The van der Waals surface area contributed by atoms with Gasteiger partial charge in [-0.3, -0.25) is 5.41 Å². The number of methoxy groups -OCH3 is 1. The van der Waals surface area contributed by atoms with Crippen LogP contribution in [0.15, 0.2) is 24.3 Å². The molecule has 0 aliphatic rings. The van der Waals surface area contributed by atoms with Crippen LogP contribution in [-0.2, 0) is 16.8 Å². The number of nitrogen functional groups attached to an aromatic ring is 1. The predicted molar refractivity (Wildman–Crippen MR) is 88.0 cm³/mol. The van der Waals surface area contributed by atoms with Gasteiger partial charge in [0.25, 0.3) is 0 Å². The number of nitrogens with two attached hydrogens (primary N) is 1. The zero-order chi connectivity index (χ0) is 15.6. The molecule has 4 nitrogen and oxygen atoms in total. The molecule has 0 atom stereocenters. The molecule has 0 aliphatic heterocycles. The Morgan fingerprint density at radius 2 is 1.90 bits per heavy atom. The van der Waals surface area contributed by atoms with Gasteiger partial charge < -0.3 is 10.5 Å². The summed E-state index contributed by atoms with van der Waals surface area (Å²) in [6.07, 6.45) is 0. The van der Waals surface area contributed by atoms with Gasteiger partial charge in [-0.15, -0.1) is 11.3 Å². The molecule has 0 radical (unpaired) electrons. The summed E-state index contributed by atoms with van der Waals surface area (Å²) in [5.41, 5.74) is 8.80. The SMILES string of the molecule is COCc1nc(-c2ccc(C(C)(C)C)cc2)sc1C(=N)N. The zero-order valence-corrected chi connectivity index (χ0v) is 13.7. The lowest BCUT2D eigenvalue weighted by Crippen LogP contribution is -2.11. The van der Waals surface area contributed by atoms with Gasteiger partial charge in [-0.25, -0.2) is 4.98 Å². The predicted octanol–water partition coefficient (Wildman–Crippen LogP) is 3.54. The third kappa shape index (κ3) is 3.49. The van der Waals surface area contributed by atoms with Gasteiger partial charge in [0.1, 0.15) is 10.8 Å². The van der Waals surface area contributed by atoms with E-state index in [-0.39, 0.29) is 11.3 Å². The Morgan fingerprint density at radius 1 is 1.29 bits per heavy atom. The molecule has 0 saturated carbocycles. The molecule has 0 bridgehead atoms. The third-order valence-electron chi connectivity index (χ3n) is 3.22. The van der Waals surface area contributed by atoms with E-state index in [0.29, 0.717) is 11.5 Å². The highest BCUT2D eigenvalue weighted by Crippen LogP contribution is 2.30. The lowest BCUT2D eigenvalue weighted by Gasteiger charge is -2.18. The minimum absolute atomic E-state index is 0.0390. The summed E-state index contributed by atoms with van der Waals surface area (Å²) in [7, 11) is 1.61. The van der Waals surface area contributed by atoms with Crippen LogP contribution in [-0.4, -0.2) is 17.9 Å². The first-order chi connectivity index (χ1) is 9.82. The normalized spacial score (nSPS) is 11.6. The van der Waals surface area contributed by atoms with Crippen LogP contribution in [0.2, 0.25) is 0 Å². The highest BCUT2D eigenvalue weighted by Gasteiger charge is 2.16. The molecule has 3 N–H and O–H groups in total. The monoisotopic (exact) mass is 303 g/mol. The molecular weight excluding hydrogens is 282 g/mol. The molecule has 21 heavy (non-hydrogen) atoms. The molecule has 112 valence electrons. The Hall–Kier alpha value is -1.72. The topological polar surface area (TPSA) is 72.0 Å². The number of aromatic nitrogens is 1. The lowest BCUT2D eigenvalue weighted by molar-refractivity contribution is 0.182. The van der Waals surface area contributed by atoms with E-state index in [1.165, 1.54) is 16.9 Å². The molecular formula is C16H21N3OS. The summed E-state index contributed by atoms with van der Waals surface area (Å²) < 4.78 is 5.12. The van der Waals surface area contributed by atoms with Gasteiger partial charge in [0, 0.05) is 12.7 Å². The van der Waals surface area contributed by atoms with Crippen molar-refractivity contribution in [2.75, 3.05) is 7.11 Å². The lowest BCUT2D eigenvalue weighted by atomic mass is 9.87. The van der Waals surface area contributed by atoms with Crippen molar-refractivity contribution in [3.8, 4) is 10.6 Å². The second kappa shape index (κ2) is 5.95. The van der Waals surface area contributed by atoms with Crippen molar-refractivity contribution in [1.82, 2.24) is 4.98 Å². The molecule has 1 heterocycles. The van der Waals surface area contributed by atoms with Gasteiger partial charge in [0.2, 0.25) is 0 Å². The maximum atomic E-state index is 7.64. The molecule has 0 spiro atoms. The van der Waals surface area contributed by atoms with E-state index in [2.05, 4.69) is 50.0 Å². The Kier molecular flexibility index (Phi) is 4.44. The zero-order valence-electron chi connectivity index (χ0n) is 12.9. The Morgan fingerprint density at radius 3 is 2.38 bits per heavy atom. The number of nitrogens with one attached hydrogen (secondary N) is 1. The van der Waals surface area contributed by atoms with E-state index in [0.717, 1.165) is 16.3 Å². The Bertz CT molecular complexity index is 639. The number of ether oxygens (including phenoxy) is 1. The maximum absolute atomic E-state index is 7.64. The van der Waals surface area contributed by atoms with Crippen LogP contribution in [0.1, 0.15) is 36.9 Å². The second-order valence-electron chi connectivity index (χ2n) is 5.97. The first-order valence-electron chi connectivity index (χ1n) is 6.77. The quantitative estimate of drug-likeness (QED) is 0.670. The van der Waals surface area contributed by atoms with Gasteiger partial charge in [-0.2, -0.15) is 0 Å². The minimum atomic E-state index is 0.0390. The van der Waals surface area contributed by atoms with Crippen molar-refractivity contribution in [1.29, 1.82) is 5.41 Å². The summed E-state index contributed by atoms with van der Waals surface area (Å²) in [5.74, 6) is 0.0390. The molecule has 5 heteroatoms. The molecule has 1 aromatic heterocycles. The van der Waals surface area contributed by atoms with E-state index < -0.39 is 0 Å². The second-order valence-corrected chi connectivity index (χ2v) is 6.97. The van der Waals surface area contributed by atoms with Gasteiger partial charge in [0.15, 0.2) is 0 Å². The third-order valence-corrected chi connectivity index (χ3v) is 4.40. The van der Waals surface area contributed by atoms with Crippen LogP contribution >= 0.6 is 11.3 Å². The molecule has 0 aliphatic carbocycles. The van der Waals surface area contributed by atoms with E-state index in [9.17, 15) is 0 Å². The standard InChI is InChI=1S/C16H21N3OS/c1-16(2,3)11-7-5-10(6-8-11)15-19-12(9-20-4)13(21-15)14(17)18/h5-8H,9H2,1-4H3,(H3,17,18). The summed E-state index contributed by atoms with van der Waals surface area (Å²) in [6.45, 7) is 6.94. The number of hydrogen-bond donors (Lipinski definition) is 2. The fourth-order valence-corrected chi connectivity index (χ4v) is 2.97. The van der Waals surface area contributed by atoms with Crippen LogP contribution in [0, 0.1) is 5.41 Å². The number of rotatable bonds is 4. The average molecular weight is 303 g/mol. The molecule has 1 aromatic carbocycles. The highest BCUT2D eigenvalue weighted by atomic mass is 32.1. The highest BCUT2D eigenvalue weighted by molar-refractivity contribution is 7.17. The van der Waals surface area contributed by atoms with Crippen molar-refractivity contribution in [2.45, 2.75) is 32.8 Å². The molecule has 0 fully saturated rings. The van der Waals surface area contributed by atoms with Crippen molar-refractivity contribution in [2.24, 2.45) is 5.73 Å². The van der Waals surface area contributed by atoms with Crippen LogP contribution in [0.4, 0.5) is 0 Å². The summed E-state index contributed by atoms with van der Waals surface area (Å²) in [5, 5.41) is 8.51. The van der Waals surface area contributed by atoms with Gasteiger partial charge in [-0.1, -0.05) is 45.0 Å². The first kappa shape index (κ1) is 15.7. The number of hydrogen-bond acceptors (Lipinski definition) is 4. The number of benzene rings is 1. The number of amidine groups is 1. The number of thiazole rings is 1. The summed E-state index contributed by atoms with van der Waals surface area (Å²) in [6, 6.07) is 8.39. The van der Waals surface area contributed by atoms with Crippen LogP contribution in [0.25, 0.3) is 10.6 Å². The summed E-state index contributed by atoms with van der Waals surface area (Å²) in [4.78, 5) is 5.24. The van der Waals surface area contributed by atoms with Crippen LogP contribution in [0.5, 0.6) is 0 Å². The summed E-state index contributed by atoms with van der Waals surface area (Å²) >= 11 is 1.43. The fraction of sp³-hybridized carbons (Fsp3) is 0.375.